The molecule has 0 fully saturated rings. The average molecular weight is 308 g/mol. The van der Waals surface area contributed by atoms with Crippen LogP contribution in [0.3, 0.4) is 0 Å². The Kier molecular flexibility index (Phi) is 5.08. The van der Waals surface area contributed by atoms with Crippen LogP contribution < -0.4 is 10.6 Å². The number of alkyl halides is 1. The first-order chi connectivity index (χ1) is 10.5. The van der Waals surface area contributed by atoms with E-state index in [-0.39, 0.29) is 24.7 Å². The van der Waals surface area contributed by atoms with E-state index in [1.54, 1.807) is 0 Å². The number of hydrogen-bond donors (Lipinski definition) is 3. The van der Waals surface area contributed by atoms with Gasteiger partial charge in [0.1, 0.15) is 6.67 Å². The Hall–Kier alpha value is -2.44. The number of carboxylic acids is 1. The summed E-state index contributed by atoms with van der Waals surface area (Å²) in [6, 6.07) is 5.89. The van der Waals surface area contributed by atoms with Crippen molar-refractivity contribution in [1.82, 2.24) is 5.32 Å². The summed E-state index contributed by atoms with van der Waals surface area (Å²) in [5.74, 6) is -2.50. The number of para-hydroxylation sites is 1. The Labute approximate surface area is 126 Å². The molecular weight excluding hydrogens is 291 g/mol. The number of aliphatic carboxylic acids is 1. The zero-order chi connectivity index (χ0) is 16.1. The quantitative estimate of drug-likeness (QED) is 0.734. The lowest BCUT2D eigenvalue weighted by Gasteiger charge is -2.24. The van der Waals surface area contributed by atoms with Gasteiger partial charge in [0.05, 0.1) is 0 Å². The third-order valence-corrected chi connectivity index (χ3v) is 3.62. The van der Waals surface area contributed by atoms with Gasteiger partial charge >= 0.3 is 5.97 Å². The molecule has 0 aromatic heterocycles. The Morgan fingerprint density at radius 3 is 2.82 bits per heavy atom. The van der Waals surface area contributed by atoms with Crippen molar-refractivity contribution in [3.8, 4) is 0 Å². The lowest BCUT2D eigenvalue weighted by atomic mass is 9.89. The average Bonchev–Trinajstić information content (AvgIpc) is 2.50. The second-order valence-corrected chi connectivity index (χ2v) is 5.20. The number of nitrogens with one attached hydrogen (secondary N) is 2. The molecule has 1 heterocycles. The zero-order valence-electron chi connectivity index (χ0n) is 11.8. The first-order valence-electron chi connectivity index (χ1n) is 6.98. The Morgan fingerprint density at radius 2 is 2.14 bits per heavy atom. The van der Waals surface area contributed by atoms with Gasteiger partial charge in [-0.05, 0) is 24.5 Å². The van der Waals surface area contributed by atoms with Crippen LogP contribution in [0.4, 0.5) is 10.1 Å². The van der Waals surface area contributed by atoms with Gasteiger partial charge in [-0.15, -0.1) is 0 Å². The fraction of sp³-hybridized carbons (Fsp3) is 0.400. The Balaban J connectivity index is 1.88. The minimum atomic E-state index is -1.53. The molecule has 2 unspecified atom stereocenters. The molecule has 2 atom stereocenters. The first-order valence-corrected chi connectivity index (χ1v) is 6.98. The predicted octanol–water partition coefficient (Wildman–Crippen LogP) is 1.12. The van der Waals surface area contributed by atoms with Gasteiger partial charge < -0.3 is 15.7 Å². The Bertz CT molecular complexity index is 591. The van der Waals surface area contributed by atoms with Crippen LogP contribution in [0.5, 0.6) is 0 Å². The molecule has 1 aromatic carbocycles. The van der Waals surface area contributed by atoms with E-state index in [4.69, 9.17) is 5.11 Å². The number of carbonyl (C=O) groups is 3. The molecule has 2 rings (SSSR count). The number of halogens is 1. The van der Waals surface area contributed by atoms with Crippen molar-refractivity contribution in [1.29, 1.82) is 0 Å². The third kappa shape index (κ3) is 3.81. The van der Waals surface area contributed by atoms with E-state index < -0.39 is 24.6 Å². The fourth-order valence-electron chi connectivity index (χ4n) is 2.38. The largest absolute Gasteiger partial charge is 0.480 e. The van der Waals surface area contributed by atoms with Crippen molar-refractivity contribution >= 4 is 23.5 Å². The normalized spacial score (nSPS) is 18.0. The fourth-order valence-corrected chi connectivity index (χ4v) is 2.38. The first kappa shape index (κ1) is 15.9. The summed E-state index contributed by atoms with van der Waals surface area (Å²) in [7, 11) is 0. The standard InChI is InChI=1S/C15H17FN2O4/c16-8-12(15(21)22)17-13(19)6-5-10-7-9-3-1-2-4-11(9)18-14(10)20/h1-4,10,12H,5-8H2,(H,17,19)(H,18,20)(H,21,22). The van der Waals surface area contributed by atoms with Crippen LogP contribution in [0.1, 0.15) is 18.4 Å². The molecule has 0 saturated heterocycles. The van der Waals surface area contributed by atoms with E-state index in [2.05, 4.69) is 10.6 Å². The summed E-state index contributed by atoms with van der Waals surface area (Å²) in [6.45, 7) is -1.17. The summed E-state index contributed by atoms with van der Waals surface area (Å²) in [4.78, 5) is 34.2. The minimum Gasteiger partial charge on any atom is -0.480 e. The van der Waals surface area contributed by atoms with Gasteiger partial charge in [0, 0.05) is 18.0 Å². The number of rotatable bonds is 6. The number of anilines is 1. The van der Waals surface area contributed by atoms with Gasteiger partial charge in [-0.25, -0.2) is 9.18 Å². The molecule has 22 heavy (non-hydrogen) atoms. The topological polar surface area (TPSA) is 95.5 Å². The monoisotopic (exact) mass is 308 g/mol. The molecule has 3 N–H and O–H groups in total. The Morgan fingerprint density at radius 1 is 1.41 bits per heavy atom. The number of amides is 2. The molecule has 2 amide bonds. The molecule has 1 aliphatic rings. The molecular formula is C15H17FN2O4. The minimum absolute atomic E-state index is 0.0238. The molecule has 118 valence electrons. The van der Waals surface area contributed by atoms with E-state index in [0.717, 1.165) is 11.3 Å². The number of hydrogen-bond acceptors (Lipinski definition) is 3. The van der Waals surface area contributed by atoms with E-state index >= 15 is 0 Å². The SMILES string of the molecule is O=C(CCC1Cc2ccccc2NC1=O)NC(CF)C(=O)O. The van der Waals surface area contributed by atoms with Crippen molar-refractivity contribution < 1.29 is 23.9 Å². The van der Waals surface area contributed by atoms with E-state index in [9.17, 15) is 18.8 Å². The lowest BCUT2D eigenvalue weighted by Crippen LogP contribution is -2.42. The van der Waals surface area contributed by atoms with Crippen LogP contribution in [0.25, 0.3) is 0 Å². The van der Waals surface area contributed by atoms with Crippen molar-refractivity contribution in [3.05, 3.63) is 29.8 Å². The smallest absolute Gasteiger partial charge is 0.328 e. The highest BCUT2D eigenvalue weighted by atomic mass is 19.1. The number of carboxylic acid groups (broad SMARTS) is 1. The van der Waals surface area contributed by atoms with Gasteiger partial charge in [0.25, 0.3) is 0 Å². The molecule has 0 saturated carbocycles. The predicted molar refractivity (Wildman–Crippen MR) is 77.0 cm³/mol. The maximum Gasteiger partial charge on any atom is 0.328 e. The van der Waals surface area contributed by atoms with Crippen LogP contribution >= 0.6 is 0 Å². The summed E-state index contributed by atoms with van der Waals surface area (Å²) in [5.41, 5.74) is 1.77. The van der Waals surface area contributed by atoms with E-state index in [1.165, 1.54) is 0 Å². The van der Waals surface area contributed by atoms with Gasteiger partial charge in [0.2, 0.25) is 11.8 Å². The molecule has 6 nitrogen and oxygen atoms in total. The molecule has 1 aliphatic heterocycles. The zero-order valence-corrected chi connectivity index (χ0v) is 11.8. The highest BCUT2D eigenvalue weighted by molar-refractivity contribution is 5.96. The van der Waals surface area contributed by atoms with Gasteiger partial charge in [-0.1, -0.05) is 18.2 Å². The van der Waals surface area contributed by atoms with Crippen molar-refractivity contribution in [2.24, 2.45) is 5.92 Å². The molecule has 0 radical (unpaired) electrons. The maximum atomic E-state index is 12.4. The molecule has 7 heteroatoms. The number of benzene rings is 1. The van der Waals surface area contributed by atoms with Crippen LogP contribution in [0.2, 0.25) is 0 Å². The van der Waals surface area contributed by atoms with Crippen molar-refractivity contribution in [2.45, 2.75) is 25.3 Å². The lowest BCUT2D eigenvalue weighted by molar-refractivity contribution is -0.142. The number of fused-ring (bicyclic) bond motifs is 1. The maximum absolute atomic E-state index is 12.4. The van der Waals surface area contributed by atoms with Gasteiger partial charge in [-0.3, -0.25) is 9.59 Å². The van der Waals surface area contributed by atoms with Crippen LogP contribution in [0, 0.1) is 5.92 Å². The second-order valence-electron chi connectivity index (χ2n) is 5.20. The molecule has 0 spiro atoms. The molecule has 0 aliphatic carbocycles. The molecule has 1 aromatic rings. The highest BCUT2D eigenvalue weighted by Crippen LogP contribution is 2.27. The van der Waals surface area contributed by atoms with Crippen molar-refractivity contribution in [2.75, 3.05) is 12.0 Å². The summed E-state index contributed by atoms with van der Waals surface area (Å²) in [5, 5.41) is 13.5. The summed E-state index contributed by atoms with van der Waals surface area (Å²) in [6.07, 6.45) is 0.787. The third-order valence-electron chi connectivity index (χ3n) is 3.62. The summed E-state index contributed by atoms with van der Waals surface area (Å²) >= 11 is 0. The van der Waals surface area contributed by atoms with Crippen LogP contribution in [0.15, 0.2) is 24.3 Å². The second kappa shape index (κ2) is 7.02. The van der Waals surface area contributed by atoms with Crippen molar-refractivity contribution in [3.63, 3.8) is 0 Å². The van der Waals surface area contributed by atoms with Gasteiger partial charge in [0.15, 0.2) is 6.04 Å². The van der Waals surface area contributed by atoms with Crippen LogP contribution in [-0.4, -0.2) is 35.6 Å². The highest BCUT2D eigenvalue weighted by Gasteiger charge is 2.27. The van der Waals surface area contributed by atoms with E-state index in [1.807, 2.05) is 24.3 Å². The van der Waals surface area contributed by atoms with Gasteiger partial charge in [-0.2, -0.15) is 0 Å². The number of carbonyl (C=O) groups excluding carboxylic acids is 2. The summed E-state index contributed by atoms with van der Waals surface area (Å²) < 4.78 is 12.4. The molecule has 0 bridgehead atoms. The van der Waals surface area contributed by atoms with E-state index in [0.29, 0.717) is 6.42 Å². The van der Waals surface area contributed by atoms with Crippen LogP contribution in [-0.2, 0) is 20.8 Å².